The molecule has 0 aromatic carbocycles. The Morgan fingerprint density at radius 1 is 1.35 bits per heavy atom. The van der Waals surface area contributed by atoms with Gasteiger partial charge in [0.05, 0.1) is 6.67 Å². The molecule has 1 aliphatic rings. The van der Waals surface area contributed by atoms with E-state index in [0.717, 1.165) is 19.5 Å². The number of nitrogens with zero attached hydrogens (tertiary/aromatic N) is 2. The Morgan fingerprint density at radius 2 is 2.05 bits per heavy atom. The molecule has 1 unspecified atom stereocenters. The van der Waals surface area contributed by atoms with E-state index in [-0.39, 0.29) is 0 Å². The van der Waals surface area contributed by atoms with Crippen LogP contribution in [0.2, 0.25) is 0 Å². The van der Waals surface area contributed by atoms with E-state index in [2.05, 4.69) is 36.2 Å². The summed E-state index contributed by atoms with van der Waals surface area (Å²) in [5.41, 5.74) is 10.4. The van der Waals surface area contributed by atoms with Crippen molar-refractivity contribution in [2.24, 2.45) is 11.5 Å². The predicted octanol–water partition coefficient (Wildman–Crippen LogP) is 0.990. The van der Waals surface area contributed by atoms with Gasteiger partial charge in [0.15, 0.2) is 0 Å². The van der Waals surface area contributed by atoms with Crippen molar-refractivity contribution in [3.63, 3.8) is 0 Å². The molecule has 0 spiro atoms. The molecule has 6 heteroatoms. The largest absolute Gasteiger partial charge is 0.480 e. The minimum atomic E-state index is -0.933. The summed E-state index contributed by atoms with van der Waals surface area (Å²) in [6.07, 6.45) is 9.04. The summed E-state index contributed by atoms with van der Waals surface area (Å²) in [5.74, 6) is -0.933. The lowest BCUT2D eigenvalue weighted by atomic mass is 10.1. The van der Waals surface area contributed by atoms with Crippen LogP contribution in [-0.2, 0) is 4.79 Å². The number of hydrogen-bond acceptors (Lipinski definition) is 5. The van der Waals surface area contributed by atoms with Crippen molar-refractivity contribution in [1.82, 2.24) is 9.80 Å². The van der Waals surface area contributed by atoms with Crippen LogP contribution in [0.25, 0.3) is 0 Å². The van der Waals surface area contributed by atoms with E-state index in [1.807, 2.05) is 0 Å². The maximum absolute atomic E-state index is 10.1. The lowest BCUT2D eigenvalue weighted by molar-refractivity contribution is -0.138. The Labute approximate surface area is 122 Å². The van der Waals surface area contributed by atoms with Crippen molar-refractivity contribution in [2.45, 2.75) is 45.1 Å². The topological polar surface area (TPSA) is 95.8 Å². The first-order valence-corrected chi connectivity index (χ1v) is 7.32. The van der Waals surface area contributed by atoms with E-state index in [9.17, 15) is 4.79 Å². The summed E-state index contributed by atoms with van der Waals surface area (Å²) < 4.78 is 0. The molecule has 1 heterocycles. The Balaban J connectivity index is 0.000000361. The number of rotatable bonds is 8. The summed E-state index contributed by atoms with van der Waals surface area (Å²) in [6, 6.07) is -0.716. The maximum Gasteiger partial charge on any atom is 0.320 e. The molecule has 0 aromatic rings. The van der Waals surface area contributed by atoms with Gasteiger partial charge in [-0.1, -0.05) is 19.8 Å². The summed E-state index contributed by atoms with van der Waals surface area (Å²) in [7, 11) is 2.10. The van der Waals surface area contributed by atoms with Gasteiger partial charge in [-0.2, -0.15) is 0 Å². The maximum atomic E-state index is 10.1. The Bertz CT molecular complexity index is 284. The smallest absolute Gasteiger partial charge is 0.320 e. The molecular weight excluding hydrogens is 256 g/mol. The van der Waals surface area contributed by atoms with Gasteiger partial charge in [0.2, 0.25) is 0 Å². The minimum Gasteiger partial charge on any atom is -0.480 e. The highest BCUT2D eigenvalue weighted by Crippen LogP contribution is 2.04. The molecule has 0 bridgehead atoms. The molecular formula is C14H30N4O2. The van der Waals surface area contributed by atoms with E-state index in [4.69, 9.17) is 16.6 Å². The van der Waals surface area contributed by atoms with Crippen molar-refractivity contribution >= 4 is 5.97 Å². The van der Waals surface area contributed by atoms with Crippen LogP contribution in [0.1, 0.15) is 39.0 Å². The highest BCUT2D eigenvalue weighted by atomic mass is 16.4. The van der Waals surface area contributed by atoms with E-state index in [0.29, 0.717) is 13.0 Å². The molecule has 6 nitrogen and oxygen atoms in total. The zero-order valence-electron chi connectivity index (χ0n) is 12.8. The Kier molecular flexibility index (Phi) is 10.8. The second-order valence-electron chi connectivity index (χ2n) is 5.09. The first-order chi connectivity index (χ1) is 9.51. The third kappa shape index (κ3) is 9.63. The second kappa shape index (κ2) is 11.5. The molecule has 0 aromatic heterocycles. The molecule has 20 heavy (non-hydrogen) atoms. The molecule has 0 amide bonds. The van der Waals surface area contributed by atoms with E-state index in [1.165, 1.54) is 19.4 Å². The number of unbranched alkanes of at least 4 members (excludes halogenated alkanes) is 2. The fraction of sp³-hybridized carbons (Fsp3) is 0.786. The quantitative estimate of drug-likeness (QED) is 0.576. The Hall–Kier alpha value is -1.27. The first-order valence-electron chi connectivity index (χ1n) is 7.32. The van der Waals surface area contributed by atoms with Crippen molar-refractivity contribution in [3.05, 3.63) is 12.4 Å². The normalized spacial score (nSPS) is 15.0. The minimum absolute atomic E-state index is 0.520. The lowest BCUT2D eigenvalue weighted by Crippen LogP contribution is -2.29. The van der Waals surface area contributed by atoms with Gasteiger partial charge in [0.25, 0.3) is 0 Å². The molecule has 0 saturated heterocycles. The van der Waals surface area contributed by atoms with Crippen molar-refractivity contribution in [1.29, 1.82) is 0 Å². The van der Waals surface area contributed by atoms with Gasteiger partial charge >= 0.3 is 5.97 Å². The third-order valence-electron chi connectivity index (χ3n) is 3.02. The standard InChI is InChI=1S/C8H16N2.C6H14N2O2/c1-3-4-5-10-7-6-9(2)8-10;7-4-2-1-3-5(8)6(9)10/h6-7H,3-5,8H2,1-2H3;5H,1-4,7-8H2,(H,9,10). The summed E-state index contributed by atoms with van der Waals surface area (Å²) >= 11 is 0. The Morgan fingerprint density at radius 3 is 2.50 bits per heavy atom. The lowest BCUT2D eigenvalue weighted by Gasteiger charge is -2.17. The van der Waals surface area contributed by atoms with Gasteiger partial charge in [-0.25, -0.2) is 0 Å². The number of carboxylic acids is 1. The van der Waals surface area contributed by atoms with Gasteiger partial charge in [-0.3, -0.25) is 4.79 Å². The van der Waals surface area contributed by atoms with Crippen LogP contribution in [0.3, 0.4) is 0 Å². The zero-order chi connectivity index (χ0) is 15.4. The van der Waals surface area contributed by atoms with E-state index < -0.39 is 12.0 Å². The van der Waals surface area contributed by atoms with Gasteiger partial charge in [0, 0.05) is 26.0 Å². The molecule has 5 N–H and O–H groups in total. The molecule has 0 radical (unpaired) electrons. The second-order valence-corrected chi connectivity index (χ2v) is 5.09. The first kappa shape index (κ1) is 18.7. The van der Waals surface area contributed by atoms with Gasteiger partial charge < -0.3 is 26.4 Å². The van der Waals surface area contributed by atoms with Gasteiger partial charge in [-0.15, -0.1) is 0 Å². The predicted molar refractivity (Wildman–Crippen MR) is 81.9 cm³/mol. The zero-order valence-corrected chi connectivity index (χ0v) is 12.8. The number of carboxylic acid groups (broad SMARTS) is 1. The summed E-state index contributed by atoms with van der Waals surface area (Å²) in [6.45, 7) is 5.10. The highest BCUT2D eigenvalue weighted by molar-refractivity contribution is 5.72. The number of aliphatic carboxylic acids is 1. The molecule has 1 atom stereocenters. The molecule has 0 fully saturated rings. The van der Waals surface area contributed by atoms with Crippen molar-refractivity contribution in [2.75, 3.05) is 26.8 Å². The van der Waals surface area contributed by atoms with Crippen LogP contribution in [0.15, 0.2) is 12.4 Å². The van der Waals surface area contributed by atoms with E-state index >= 15 is 0 Å². The van der Waals surface area contributed by atoms with Crippen LogP contribution in [0.5, 0.6) is 0 Å². The number of carbonyl (C=O) groups is 1. The fourth-order valence-corrected chi connectivity index (χ4v) is 1.73. The van der Waals surface area contributed by atoms with Gasteiger partial charge in [0.1, 0.15) is 6.04 Å². The molecule has 118 valence electrons. The monoisotopic (exact) mass is 286 g/mol. The summed E-state index contributed by atoms with van der Waals surface area (Å²) in [5, 5.41) is 8.33. The van der Waals surface area contributed by atoms with Crippen molar-refractivity contribution < 1.29 is 9.90 Å². The summed E-state index contributed by atoms with van der Waals surface area (Å²) in [4.78, 5) is 14.7. The molecule has 1 aliphatic heterocycles. The third-order valence-corrected chi connectivity index (χ3v) is 3.02. The molecule has 0 aliphatic carbocycles. The van der Waals surface area contributed by atoms with Crippen molar-refractivity contribution in [3.8, 4) is 0 Å². The number of hydrogen-bond donors (Lipinski definition) is 3. The number of nitrogens with two attached hydrogens (primary N) is 2. The molecule has 1 rings (SSSR count). The van der Waals surface area contributed by atoms with E-state index in [1.54, 1.807) is 0 Å². The average Bonchev–Trinajstić information content (AvgIpc) is 2.83. The van der Waals surface area contributed by atoms with Crippen LogP contribution in [0.4, 0.5) is 0 Å². The van der Waals surface area contributed by atoms with Crippen LogP contribution >= 0.6 is 0 Å². The fourth-order valence-electron chi connectivity index (χ4n) is 1.73. The van der Waals surface area contributed by atoms with Crippen LogP contribution < -0.4 is 11.5 Å². The molecule has 0 saturated carbocycles. The van der Waals surface area contributed by atoms with Crippen LogP contribution in [0, 0.1) is 0 Å². The van der Waals surface area contributed by atoms with Crippen LogP contribution in [-0.4, -0.2) is 53.7 Å². The average molecular weight is 286 g/mol. The van der Waals surface area contributed by atoms with Gasteiger partial charge in [-0.05, 0) is 25.8 Å². The SMILES string of the molecule is CCCCN1C=CN(C)C1.NCCCCC(N)C(=O)O. The highest BCUT2D eigenvalue weighted by Gasteiger charge is 2.09.